The fraction of sp³-hybridized carbons (Fsp3) is 1.00. The molecular weight excluding hydrogens is 210 g/mol. The van der Waals surface area contributed by atoms with Gasteiger partial charge >= 0.3 is 0 Å². The minimum absolute atomic E-state index is 0.205. The maximum atomic E-state index is 6.33. The Morgan fingerprint density at radius 2 is 1.76 bits per heavy atom. The fourth-order valence-electron chi connectivity index (χ4n) is 2.73. The molecule has 1 fully saturated rings. The van der Waals surface area contributed by atoms with E-state index in [9.17, 15) is 0 Å². The predicted octanol–water partition coefficient (Wildman–Crippen LogP) is 3.75. The van der Waals surface area contributed by atoms with Crippen molar-refractivity contribution in [2.24, 2.45) is 5.92 Å². The highest BCUT2D eigenvalue weighted by molar-refractivity contribution is 4.91. The summed E-state index contributed by atoms with van der Waals surface area (Å²) in [6, 6.07) is 0.584. The lowest BCUT2D eigenvalue weighted by atomic mass is 9.77. The van der Waals surface area contributed by atoms with Gasteiger partial charge in [-0.1, -0.05) is 27.7 Å². The van der Waals surface area contributed by atoms with E-state index in [0.717, 1.165) is 12.5 Å². The van der Waals surface area contributed by atoms with Crippen molar-refractivity contribution in [3.8, 4) is 0 Å². The van der Waals surface area contributed by atoms with Crippen molar-refractivity contribution in [3.05, 3.63) is 0 Å². The number of rotatable bonds is 8. The molecule has 17 heavy (non-hydrogen) atoms. The van der Waals surface area contributed by atoms with E-state index >= 15 is 0 Å². The zero-order valence-corrected chi connectivity index (χ0v) is 12.4. The van der Waals surface area contributed by atoms with E-state index in [1.165, 1.54) is 32.1 Å². The molecule has 0 aliphatic heterocycles. The summed E-state index contributed by atoms with van der Waals surface area (Å²) in [4.78, 5) is 0. The molecule has 0 aromatic rings. The van der Waals surface area contributed by atoms with Crippen LogP contribution in [0.1, 0.15) is 66.7 Å². The van der Waals surface area contributed by atoms with Crippen molar-refractivity contribution in [3.63, 3.8) is 0 Å². The quantitative estimate of drug-likeness (QED) is 0.699. The first-order valence-corrected chi connectivity index (χ1v) is 7.35. The lowest BCUT2D eigenvalue weighted by Crippen LogP contribution is -2.45. The van der Waals surface area contributed by atoms with E-state index in [0.29, 0.717) is 12.1 Å². The molecular formula is C15H31NO. The van der Waals surface area contributed by atoms with Gasteiger partial charge in [0.25, 0.3) is 0 Å². The third-order valence-corrected chi connectivity index (χ3v) is 3.65. The van der Waals surface area contributed by atoms with E-state index in [1.807, 2.05) is 0 Å². The van der Waals surface area contributed by atoms with Crippen molar-refractivity contribution in [2.45, 2.75) is 84.5 Å². The Hall–Kier alpha value is -0.0800. The zero-order valence-electron chi connectivity index (χ0n) is 12.4. The van der Waals surface area contributed by atoms with Gasteiger partial charge in [0.2, 0.25) is 0 Å². The number of ether oxygens (including phenoxy) is 1. The Morgan fingerprint density at radius 3 is 2.18 bits per heavy atom. The molecule has 2 heteroatoms. The van der Waals surface area contributed by atoms with Gasteiger partial charge in [0.15, 0.2) is 0 Å². The molecule has 0 aromatic heterocycles. The molecule has 0 saturated heterocycles. The Kier molecular flexibility index (Phi) is 5.94. The summed E-state index contributed by atoms with van der Waals surface area (Å²) < 4.78 is 6.33. The maximum Gasteiger partial charge on any atom is 0.0698 e. The summed E-state index contributed by atoms with van der Waals surface area (Å²) in [5, 5.41) is 3.50. The zero-order chi connectivity index (χ0) is 12.9. The summed E-state index contributed by atoms with van der Waals surface area (Å²) in [7, 11) is 0. The molecule has 1 aliphatic rings. The first-order chi connectivity index (χ1) is 7.93. The molecule has 0 radical (unpaired) electrons. The van der Waals surface area contributed by atoms with Gasteiger partial charge in [-0.15, -0.1) is 0 Å². The molecule has 1 N–H and O–H groups in total. The molecule has 0 aromatic carbocycles. The molecule has 1 aliphatic carbocycles. The van der Waals surface area contributed by atoms with E-state index in [2.05, 4.69) is 39.9 Å². The van der Waals surface area contributed by atoms with Gasteiger partial charge in [-0.25, -0.2) is 0 Å². The lowest BCUT2D eigenvalue weighted by molar-refractivity contribution is -0.141. The summed E-state index contributed by atoms with van der Waals surface area (Å²) in [5.74, 6) is 0.732. The molecule has 0 amide bonds. The summed E-state index contributed by atoms with van der Waals surface area (Å²) >= 11 is 0. The first kappa shape index (κ1) is 15.0. The van der Waals surface area contributed by atoms with Gasteiger partial charge in [0, 0.05) is 6.04 Å². The summed E-state index contributed by atoms with van der Waals surface area (Å²) in [6.07, 6.45) is 6.63. The van der Waals surface area contributed by atoms with Crippen LogP contribution < -0.4 is 5.32 Å². The van der Waals surface area contributed by atoms with Crippen molar-refractivity contribution in [1.29, 1.82) is 0 Å². The van der Waals surface area contributed by atoms with Crippen LogP contribution in [0.4, 0.5) is 0 Å². The molecule has 102 valence electrons. The van der Waals surface area contributed by atoms with Crippen LogP contribution in [0.25, 0.3) is 0 Å². The smallest absolute Gasteiger partial charge is 0.0698 e. The molecule has 1 unspecified atom stereocenters. The molecule has 1 rings (SSSR count). The SMILES string of the molecule is CC(C)CC(C)OC1(CCNC(C)C)CCC1. The average molecular weight is 241 g/mol. The second kappa shape index (κ2) is 6.75. The molecule has 1 saturated carbocycles. The summed E-state index contributed by atoms with van der Waals surface area (Å²) in [6.45, 7) is 12.3. The van der Waals surface area contributed by atoms with Crippen molar-refractivity contribution in [1.82, 2.24) is 5.32 Å². The van der Waals surface area contributed by atoms with Gasteiger partial charge in [-0.05, 0) is 51.5 Å². The van der Waals surface area contributed by atoms with Gasteiger partial charge in [0.1, 0.15) is 0 Å². The molecule has 1 atom stereocenters. The van der Waals surface area contributed by atoms with Crippen molar-refractivity contribution < 1.29 is 4.74 Å². The van der Waals surface area contributed by atoms with Crippen molar-refractivity contribution in [2.75, 3.05) is 6.54 Å². The van der Waals surface area contributed by atoms with Crippen LogP contribution in [0.15, 0.2) is 0 Å². The third-order valence-electron chi connectivity index (χ3n) is 3.65. The Bertz CT molecular complexity index is 209. The minimum atomic E-state index is 0.205. The lowest BCUT2D eigenvalue weighted by Gasteiger charge is -2.44. The van der Waals surface area contributed by atoms with Crippen LogP contribution in [0, 0.1) is 5.92 Å². The largest absolute Gasteiger partial charge is 0.372 e. The Labute approximate surface area is 108 Å². The normalized spacial score (nSPS) is 20.6. The monoisotopic (exact) mass is 241 g/mol. The predicted molar refractivity (Wildman–Crippen MR) is 74.3 cm³/mol. The average Bonchev–Trinajstić information content (AvgIpc) is 2.11. The Morgan fingerprint density at radius 1 is 1.12 bits per heavy atom. The van der Waals surface area contributed by atoms with Gasteiger partial charge < -0.3 is 10.1 Å². The van der Waals surface area contributed by atoms with Crippen LogP contribution in [0.2, 0.25) is 0 Å². The topological polar surface area (TPSA) is 21.3 Å². The van der Waals surface area contributed by atoms with Gasteiger partial charge in [-0.2, -0.15) is 0 Å². The maximum absolute atomic E-state index is 6.33. The van der Waals surface area contributed by atoms with E-state index in [4.69, 9.17) is 4.74 Å². The van der Waals surface area contributed by atoms with Crippen LogP contribution in [0.3, 0.4) is 0 Å². The highest BCUT2D eigenvalue weighted by atomic mass is 16.5. The fourth-order valence-corrected chi connectivity index (χ4v) is 2.73. The highest BCUT2D eigenvalue weighted by Gasteiger charge is 2.38. The van der Waals surface area contributed by atoms with Crippen LogP contribution in [-0.2, 0) is 4.74 Å². The first-order valence-electron chi connectivity index (χ1n) is 7.35. The van der Waals surface area contributed by atoms with E-state index < -0.39 is 0 Å². The number of hydrogen-bond acceptors (Lipinski definition) is 2. The van der Waals surface area contributed by atoms with Crippen molar-refractivity contribution >= 4 is 0 Å². The molecule has 0 spiro atoms. The van der Waals surface area contributed by atoms with Crippen LogP contribution >= 0.6 is 0 Å². The molecule has 0 bridgehead atoms. The highest BCUT2D eigenvalue weighted by Crippen LogP contribution is 2.39. The second-order valence-electron chi connectivity index (χ2n) is 6.45. The number of nitrogens with one attached hydrogen (secondary N) is 1. The minimum Gasteiger partial charge on any atom is -0.372 e. The van der Waals surface area contributed by atoms with E-state index in [1.54, 1.807) is 0 Å². The third kappa shape index (κ3) is 5.39. The van der Waals surface area contributed by atoms with Crippen LogP contribution in [-0.4, -0.2) is 24.3 Å². The van der Waals surface area contributed by atoms with Gasteiger partial charge in [-0.3, -0.25) is 0 Å². The molecule has 2 nitrogen and oxygen atoms in total. The summed E-state index contributed by atoms with van der Waals surface area (Å²) in [5.41, 5.74) is 0.205. The standard InChI is InChI=1S/C15H31NO/c1-12(2)11-14(5)17-15(7-6-8-15)9-10-16-13(3)4/h12-14,16H,6-11H2,1-5H3. The Balaban J connectivity index is 2.30. The second-order valence-corrected chi connectivity index (χ2v) is 6.45. The number of hydrogen-bond donors (Lipinski definition) is 1. The van der Waals surface area contributed by atoms with E-state index in [-0.39, 0.29) is 5.60 Å². The van der Waals surface area contributed by atoms with Gasteiger partial charge in [0.05, 0.1) is 11.7 Å². The van der Waals surface area contributed by atoms with Crippen LogP contribution in [0.5, 0.6) is 0 Å². The molecule has 0 heterocycles.